The molecule has 1 aliphatic rings. The molecule has 1 atom stereocenters. The number of amides is 2. The first kappa shape index (κ1) is 18.4. The van der Waals surface area contributed by atoms with Crippen LogP contribution < -0.4 is 5.32 Å². The summed E-state index contributed by atoms with van der Waals surface area (Å²) in [4.78, 5) is 24.3. The molecule has 2 rings (SSSR count). The second kappa shape index (κ2) is 7.79. The largest absolute Gasteiger partial charge is 0.352 e. The molecule has 1 aromatic carbocycles. The third-order valence-corrected chi connectivity index (χ3v) is 5.88. The highest BCUT2D eigenvalue weighted by atomic mass is 32.2. The van der Waals surface area contributed by atoms with Crippen molar-refractivity contribution in [3.63, 3.8) is 0 Å². The molecule has 0 fully saturated rings. The Bertz CT molecular complexity index is 715. The van der Waals surface area contributed by atoms with Gasteiger partial charge in [0.15, 0.2) is 0 Å². The van der Waals surface area contributed by atoms with Gasteiger partial charge in [0.25, 0.3) is 15.9 Å². The van der Waals surface area contributed by atoms with Crippen molar-refractivity contribution < 1.29 is 18.0 Å². The summed E-state index contributed by atoms with van der Waals surface area (Å²) in [7, 11) is -3.93. The number of nitrogens with zero attached hydrogens (tertiary/aromatic N) is 1. The topological polar surface area (TPSA) is 83.6 Å². The van der Waals surface area contributed by atoms with Gasteiger partial charge >= 0.3 is 0 Å². The minimum atomic E-state index is -3.93. The van der Waals surface area contributed by atoms with Crippen molar-refractivity contribution in [2.45, 2.75) is 56.9 Å². The van der Waals surface area contributed by atoms with Crippen LogP contribution in [0.1, 0.15) is 56.3 Å². The van der Waals surface area contributed by atoms with E-state index < -0.39 is 28.4 Å². The average molecular weight is 352 g/mol. The van der Waals surface area contributed by atoms with Crippen LogP contribution in [-0.2, 0) is 14.8 Å². The summed E-state index contributed by atoms with van der Waals surface area (Å²) in [5.41, 5.74) is 0.123. The first-order valence-electron chi connectivity index (χ1n) is 8.33. The van der Waals surface area contributed by atoms with Crippen molar-refractivity contribution in [3.05, 3.63) is 29.8 Å². The van der Waals surface area contributed by atoms with Crippen molar-refractivity contribution in [2.24, 2.45) is 0 Å². The maximum absolute atomic E-state index is 12.4. The van der Waals surface area contributed by atoms with Crippen LogP contribution in [0.15, 0.2) is 29.2 Å². The van der Waals surface area contributed by atoms with Gasteiger partial charge in [0.05, 0.1) is 5.56 Å². The Morgan fingerprint density at radius 2 is 1.92 bits per heavy atom. The summed E-state index contributed by atoms with van der Waals surface area (Å²) in [6, 6.07) is 5.97. The number of fused-ring (bicyclic) bond motifs is 1. The molecule has 0 aromatic heterocycles. The Hall–Kier alpha value is -1.89. The summed E-state index contributed by atoms with van der Waals surface area (Å²) in [5, 5.41) is 2.77. The van der Waals surface area contributed by atoms with E-state index in [4.69, 9.17) is 0 Å². The van der Waals surface area contributed by atoms with Gasteiger partial charge in [-0.2, -0.15) is 0 Å². The third-order valence-electron chi connectivity index (χ3n) is 4.10. The van der Waals surface area contributed by atoms with E-state index in [-0.39, 0.29) is 16.5 Å². The van der Waals surface area contributed by atoms with Crippen LogP contribution in [0.2, 0.25) is 0 Å². The van der Waals surface area contributed by atoms with E-state index >= 15 is 0 Å². The number of unbranched alkanes of at least 4 members (excludes halogenated alkanes) is 3. The van der Waals surface area contributed by atoms with Crippen LogP contribution in [0.25, 0.3) is 0 Å². The molecule has 6 nitrogen and oxygen atoms in total. The van der Waals surface area contributed by atoms with Crippen molar-refractivity contribution in [3.8, 4) is 0 Å². The molecule has 1 aliphatic heterocycles. The highest BCUT2D eigenvalue weighted by Gasteiger charge is 2.41. The molecule has 1 aromatic rings. The number of sulfonamides is 1. The Morgan fingerprint density at radius 3 is 2.58 bits per heavy atom. The summed E-state index contributed by atoms with van der Waals surface area (Å²) >= 11 is 0. The van der Waals surface area contributed by atoms with Gasteiger partial charge in [-0.1, -0.05) is 44.7 Å². The van der Waals surface area contributed by atoms with Crippen molar-refractivity contribution in [1.82, 2.24) is 9.62 Å². The van der Waals surface area contributed by atoms with Crippen LogP contribution in [0.3, 0.4) is 0 Å². The fourth-order valence-electron chi connectivity index (χ4n) is 2.79. The molecular formula is C17H24N2O4S. The Balaban J connectivity index is 1.94. The Kier molecular flexibility index (Phi) is 5.99. The molecule has 24 heavy (non-hydrogen) atoms. The van der Waals surface area contributed by atoms with Crippen molar-refractivity contribution in [2.75, 3.05) is 6.54 Å². The minimum absolute atomic E-state index is 0.0320. The zero-order chi connectivity index (χ0) is 17.7. The number of nitrogens with one attached hydrogen (secondary N) is 1. The van der Waals surface area contributed by atoms with E-state index in [2.05, 4.69) is 12.2 Å². The lowest BCUT2D eigenvalue weighted by atomic mass is 10.1. The number of hydrogen-bond donors (Lipinski definition) is 1. The number of benzene rings is 1. The van der Waals surface area contributed by atoms with Crippen LogP contribution >= 0.6 is 0 Å². The Morgan fingerprint density at radius 1 is 1.21 bits per heavy atom. The van der Waals surface area contributed by atoms with E-state index in [9.17, 15) is 18.0 Å². The Labute approximate surface area is 143 Å². The van der Waals surface area contributed by atoms with E-state index in [0.717, 1.165) is 25.7 Å². The number of rotatable bonds is 8. The van der Waals surface area contributed by atoms with Gasteiger partial charge in [0, 0.05) is 6.04 Å². The molecule has 1 heterocycles. The quantitative estimate of drug-likeness (QED) is 0.728. The number of hydrogen-bond acceptors (Lipinski definition) is 4. The molecule has 0 radical (unpaired) electrons. The SMILES string of the molecule is CCCCCC[C@H](C)NC(=O)CN1C(=O)c2ccccc2S1(=O)=O. The lowest BCUT2D eigenvalue weighted by molar-refractivity contribution is -0.121. The normalized spacial score (nSPS) is 16.8. The smallest absolute Gasteiger partial charge is 0.269 e. The maximum atomic E-state index is 12.4. The molecule has 1 N–H and O–H groups in total. The van der Waals surface area contributed by atoms with Gasteiger partial charge in [-0.25, -0.2) is 12.7 Å². The standard InChI is InChI=1S/C17H24N2O4S/c1-3-4-5-6-9-13(2)18-16(20)12-19-17(21)14-10-7-8-11-15(14)24(19,22)23/h7-8,10-11,13H,3-6,9,12H2,1-2H3,(H,18,20)/t13-/m0/s1. The molecule has 2 amide bonds. The van der Waals surface area contributed by atoms with Gasteiger partial charge in [-0.3, -0.25) is 9.59 Å². The zero-order valence-corrected chi connectivity index (χ0v) is 14.9. The van der Waals surface area contributed by atoms with Gasteiger partial charge in [-0.05, 0) is 25.5 Å². The monoisotopic (exact) mass is 352 g/mol. The summed E-state index contributed by atoms with van der Waals surface area (Å²) < 4.78 is 25.4. The van der Waals surface area contributed by atoms with E-state index in [1.54, 1.807) is 12.1 Å². The maximum Gasteiger partial charge on any atom is 0.269 e. The number of carbonyl (C=O) groups is 2. The highest BCUT2D eigenvalue weighted by molar-refractivity contribution is 7.90. The summed E-state index contributed by atoms with van der Waals surface area (Å²) in [5.74, 6) is -1.10. The molecule has 0 saturated heterocycles. The number of carbonyl (C=O) groups excluding carboxylic acids is 2. The van der Waals surface area contributed by atoms with E-state index in [1.807, 2.05) is 6.92 Å². The van der Waals surface area contributed by atoms with Gasteiger partial charge in [0.2, 0.25) is 5.91 Å². The first-order valence-corrected chi connectivity index (χ1v) is 9.77. The van der Waals surface area contributed by atoms with Crippen molar-refractivity contribution >= 4 is 21.8 Å². The van der Waals surface area contributed by atoms with Gasteiger partial charge in [0.1, 0.15) is 11.4 Å². The molecule has 0 aliphatic carbocycles. The summed E-state index contributed by atoms with van der Waals surface area (Å²) in [6.07, 6.45) is 5.29. The van der Waals surface area contributed by atoms with Crippen LogP contribution in [0.5, 0.6) is 0 Å². The molecule has 0 bridgehead atoms. The molecule has 7 heteroatoms. The van der Waals surface area contributed by atoms with Crippen LogP contribution in [0.4, 0.5) is 0 Å². The van der Waals surface area contributed by atoms with Gasteiger partial charge in [-0.15, -0.1) is 0 Å². The predicted octanol–water partition coefficient (Wildman–Crippen LogP) is 2.31. The second-order valence-electron chi connectivity index (χ2n) is 6.13. The van der Waals surface area contributed by atoms with Crippen LogP contribution in [-0.4, -0.2) is 37.1 Å². The molecule has 132 valence electrons. The fraction of sp³-hybridized carbons (Fsp3) is 0.529. The van der Waals surface area contributed by atoms with Crippen LogP contribution in [0, 0.1) is 0 Å². The molecule has 0 spiro atoms. The zero-order valence-electron chi connectivity index (χ0n) is 14.1. The first-order chi connectivity index (χ1) is 11.4. The van der Waals surface area contributed by atoms with Crippen molar-refractivity contribution in [1.29, 1.82) is 0 Å². The second-order valence-corrected chi connectivity index (χ2v) is 7.96. The highest BCUT2D eigenvalue weighted by Crippen LogP contribution is 2.29. The summed E-state index contributed by atoms with van der Waals surface area (Å²) in [6.45, 7) is 3.55. The average Bonchev–Trinajstić information content (AvgIpc) is 2.73. The van der Waals surface area contributed by atoms with Gasteiger partial charge < -0.3 is 5.32 Å². The molecule has 0 saturated carbocycles. The molecule has 0 unspecified atom stereocenters. The minimum Gasteiger partial charge on any atom is -0.352 e. The predicted molar refractivity (Wildman–Crippen MR) is 91.0 cm³/mol. The molecular weight excluding hydrogens is 328 g/mol. The van der Waals surface area contributed by atoms with E-state index in [1.165, 1.54) is 18.6 Å². The lowest BCUT2D eigenvalue weighted by Gasteiger charge is -2.18. The third kappa shape index (κ3) is 3.95. The fourth-order valence-corrected chi connectivity index (χ4v) is 4.31. The van der Waals surface area contributed by atoms with E-state index in [0.29, 0.717) is 4.31 Å². The lowest BCUT2D eigenvalue weighted by Crippen LogP contribution is -2.43.